The van der Waals surface area contributed by atoms with Gasteiger partial charge in [-0.15, -0.1) is 0 Å². The second-order valence-electron chi connectivity index (χ2n) is 5.68. The lowest BCUT2D eigenvalue weighted by molar-refractivity contribution is 0.274. The topological polar surface area (TPSA) is 15.3 Å². The predicted molar refractivity (Wildman–Crippen MR) is 86.9 cm³/mol. The maximum absolute atomic E-state index is 3.63. The van der Waals surface area contributed by atoms with Crippen LogP contribution in [0.25, 0.3) is 0 Å². The molecule has 2 rings (SSSR count). The summed E-state index contributed by atoms with van der Waals surface area (Å²) in [6.07, 6.45) is 1.23. The largest absolute Gasteiger partial charge is 0.368 e. The molecule has 0 bridgehead atoms. The highest BCUT2D eigenvalue weighted by atomic mass is 79.9. The van der Waals surface area contributed by atoms with E-state index in [0.717, 1.165) is 17.6 Å². The van der Waals surface area contributed by atoms with Gasteiger partial charge in [-0.2, -0.15) is 0 Å². The molecule has 1 aromatic rings. The second kappa shape index (κ2) is 6.27. The van der Waals surface area contributed by atoms with Crippen LogP contribution in [0, 0.1) is 12.8 Å². The molecule has 1 fully saturated rings. The summed E-state index contributed by atoms with van der Waals surface area (Å²) in [4.78, 5) is 2.57. The fourth-order valence-corrected chi connectivity index (χ4v) is 3.67. The van der Waals surface area contributed by atoms with Gasteiger partial charge in [0.05, 0.1) is 0 Å². The molecule has 1 N–H and O–H groups in total. The molecule has 2 nitrogen and oxygen atoms in total. The normalized spacial score (nSPS) is 27.6. The molecule has 0 aliphatic carbocycles. The molecule has 19 heavy (non-hydrogen) atoms. The Morgan fingerprint density at radius 2 is 2.11 bits per heavy atom. The molecule has 0 spiro atoms. The van der Waals surface area contributed by atoms with E-state index in [1.165, 1.54) is 17.7 Å². The first kappa shape index (κ1) is 14.9. The van der Waals surface area contributed by atoms with E-state index in [9.17, 15) is 0 Å². The highest BCUT2D eigenvalue weighted by molar-refractivity contribution is 9.10. The average Bonchev–Trinajstić information content (AvgIpc) is 2.37. The smallest absolute Gasteiger partial charge is 0.0399 e. The zero-order valence-electron chi connectivity index (χ0n) is 12.4. The van der Waals surface area contributed by atoms with Crippen molar-refractivity contribution in [1.29, 1.82) is 0 Å². The SMILES string of the molecule is CCNC1CCN(c2ccc(Br)cc2C)C(C)C1C. The molecule has 3 atom stereocenters. The number of aryl methyl sites for hydroxylation is 1. The third-order valence-corrected chi connectivity index (χ3v) is 5.00. The third-order valence-electron chi connectivity index (χ3n) is 4.50. The Hall–Kier alpha value is -0.540. The first-order valence-corrected chi connectivity index (χ1v) is 8.10. The summed E-state index contributed by atoms with van der Waals surface area (Å²) in [5.74, 6) is 0.678. The van der Waals surface area contributed by atoms with Crippen LogP contribution in [-0.2, 0) is 0 Å². The van der Waals surface area contributed by atoms with Gasteiger partial charge in [0.15, 0.2) is 0 Å². The number of halogens is 1. The quantitative estimate of drug-likeness (QED) is 0.905. The molecule has 3 unspecified atom stereocenters. The lowest BCUT2D eigenvalue weighted by atomic mass is 9.86. The van der Waals surface area contributed by atoms with E-state index in [1.54, 1.807) is 0 Å². The molecule has 0 saturated carbocycles. The summed E-state index contributed by atoms with van der Waals surface area (Å²) in [6, 6.07) is 7.85. The maximum atomic E-state index is 3.63. The van der Waals surface area contributed by atoms with Crippen molar-refractivity contribution in [3.8, 4) is 0 Å². The lowest BCUT2D eigenvalue weighted by Crippen LogP contribution is -2.53. The minimum absolute atomic E-state index is 0.581. The number of hydrogen-bond donors (Lipinski definition) is 1. The van der Waals surface area contributed by atoms with Gasteiger partial charge in [-0.1, -0.05) is 29.8 Å². The number of benzene rings is 1. The lowest BCUT2D eigenvalue weighted by Gasteiger charge is -2.45. The molecular weight excluding hydrogens is 300 g/mol. The molecule has 1 aliphatic heterocycles. The molecular formula is C16H25BrN2. The van der Waals surface area contributed by atoms with Crippen LogP contribution in [0.2, 0.25) is 0 Å². The van der Waals surface area contributed by atoms with Gasteiger partial charge in [0, 0.05) is 28.8 Å². The van der Waals surface area contributed by atoms with E-state index < -0.39 is 0 Å². The summed E-state index contributed by atoms with van der Waals surface area (Å²) in [6.45, 7) is 11.3. The minimum atomic E-state index is 0.581. The van der Waals surface area contributed by atoms with Crippen molar-refractivity contribution in [3.63, 3.8) is 0 Å². The minimum Gasteiger partial charge on any atom is -0.368 e. The van der Waals surface area contributed by atoms with E-state index in [4.69, 9.17) is 0 Å². The second-order valence-corrected chi connectivity index (χ2v) is 6.59. The van der Waals surface area contributed by atoms with Crippen LogP contribution < -0.4 is 10.2 Å². The van der Waals surface area contributed by atoms with Crippen molar-refractivity contribution in [2.24, 2.45) is 5.92 Å². The summed E-state index contributed by atoms with van der Waals surface area (Å²) < 4.78 is 1.16. The molecule has 0 radical (unpaired) electrons. The third kappa shape index (κ3) is 3.14. The van der Waals surface area contributed by atoms with Crippen LogP contribution in [0.3, 0.4) is 0 Å². The van der Waals surface area contributed by atoms with E-state index in [2.05, 4.69) is 72.0 Å². The Labute approximate surface area is 125 Å². The van der Waals surface area contributed by atoms with Crippen LogP contribution in [-0.4, -0.2) is 25.2 Å². The van der Waals surface area contributed by atoms with Gasteiger partial charge in [0.25, 0.3) is 0 Å². The Bertz CT molecular complexity index is 433. The number of anilines is 1. The Morgan fingerprint density at radius 3 is 2.74 bits per heavy atom. The van der Waals surface area contributed by atoms with Crippen LogP contribution in [0.15, 0.2) is 22.7 Å². The molecule has 1 aromatic carbocycles. The van der Waals surface area contributed by atoms with E-state index in [1.807, 2.05) is 0 Å². The highest BCUT2D eigenvalue weighted by Gasteiger charge is 2.32. The van der Waals surface area contributed by atoms with Crippen molar-refractivity contribution < 1.29 is 0 Å². The first-order valence-electron chi connectivity index (χ1n) is 7.30. The summed E-state index contributed by atoms with van der Waals surface area (Å²) >= 11 is 3.55. The molecule has 1 heterocycles. The molecule has 106 valence electrons. The summed E-state index contributed by atoms with van der Waals surface area (Å²) in [5.41, 5.74) is 2.74. The van der Waals surface area contributed by atoms with Gasteiger partial charge >= 0.3 is 0 Å². The van der Waals surface area contributed by atoms with E-state index in [0.29, 0.717) is 18.0 Å². The zero-order valence-corrected chi connectivity index (χ0v) is 14.0. The molecule has 0 amide bonds. The number of nitrogens with zero attached hydrogens (tertiary/aromatic N) is 1. The van der Waals surface area contributed by atoms with Crippen molar-refractivity contribution in [3.05, 3.63) is 28.2 Å². The molecule has 3 heteroatoms. The van der Waals surface area contributed by atoms with E-state index >= 15 is 0 Å². The van der Waals surface area contributed by atoms with Gasteiger partial charge < -0.3 is 10.2 Å². The average molecular weight is 325 g/mol. The van der Waals surface area contributed by atoms with Crippen LogP contribution in [0.5, 0.6) is 0 Å². The Kier molecular flexibility index (Phi) is 4.91. The number of piperidine rings is 1. The van der Waals surface area contributed by atoms with Crippen molar-refractivity contribution >= 4 is 21.6 Å². The zero-order chi connectivity index (χ0) is 14.0. The Balaban J connectivity index is 2.18. The standard InChI is InChI=1S/C16H25BrN2/c1-5-18-15-8-9-19(13(4)12(15)3)16-7-6-14(17)10-11(16)2/h6-7,10,12-13,15,18H,5,8-9H2,1-4H3. The first-order chi connectivity index (χ1) is 9.04. The molecule has 0 aromatic heterocycles. The van der Waals surface area contributed by atoms with Crippen LogP contribution >= 0.6 is 15.9 Å². The van der Waals surface area contributed by atoms with Gasteiger partial charge in [0.1, 0.15) is 0 Å². The fourth-order valence-electron chi connectivity index (χ4n) is 3.20. The van der Waals surface area contributed by atoms with E-state index in [-0.39, 0.29) is 0 Å². The molecule has 1 saturated heterocycles. The summed E-state index contributed by atoms with van der Waals surface area (Å²) in [5, 5.41) is 3.63. The monoisotopic (exact) mass is 324 g/mol. The molecule has 1 aliphatic rings. The van der Waals surface area contributed by atoms with Gasteiger partial charge in [0.2, 0.25) is 0 Å². The predicted octanol–water partition coefficient (Wildman–Crippen LogP) is 3.97. The number of nitrogens with one attached hydrogen (secondary N) is 1. The van der Waals surface area contributed by atoms with Gasteiger partial charge in [-0.05, 0) is 56.5 Å². The summed E-state index contributed by atoms with van der Waals surface area (Å²) in [7, 11) is 0. The van der Waals surface area contributed by atoms with Crippen molar-refractivity contribution in [2.75, 3.05) is 18.0 Å². The number of hydrogen-bond acceptors (Lipinski definition) is 2. The number of rotatable bonds is 3. The van der Waals surface area contributed by atoms with Gasteiger partial charge in [-0.3, -0.25) is 0 Å². The Morgan fingerprint density at radius 1 is 1.37 bits per heavy atom. The highest BCUT2D eigenvalue weighted by Crippen LogP contribution is 2.32. The van der Waals surface area contributed by atoms with Gasteiger partial charge in [-0.25, -0.2) is 0 Å². The fraction of sp³-hybridized carbons (Fsp3) is 0.625. The van der Waals surface area contributed by atoms with Crippen molar-refractivity contribution in [1.82, 2.24) is 5.32 Å². The maximum Gasteiger partial charge on any atom is 0.0399 e. The van der Waals surface area contributed by atoms with Crippen LogP contribution in [0.4, 0.5) is 5.69 Å². The van der Waals surface area contributed by atoms with Crippen molar-refractivity contribution in [2.45, 2.75) is 46.2 Å². The van der Waals surface area contributed by atoms with Crippen LogP contribution in [0.1, 0.15) is 32.8 Å².